The molecule has 2 saturated heterocycles. The van der Waals surface area contributed by atoms with Crippen LogP contribution in [0.1, 0.15) is 30.8 Å². The second kappa shape index (κ2) is 6.45. The molecule has 0 aliphatic carbocycles. The first kappa shape index (κ1) is 14.4. The molecule has 0 bridgehead atoms. The van der Waals surface area contributed by atoms with Crippen LogP contribution in [0.5, 0.6) is 0 Å². The van der Waals surface area contributed by atoms with Crippen molar-refractivity contribution < 1.29 is 13.2 Å². The van der Waals surface area contributed by atoms with Crippen molar-refractivity contribution in [2.75, 3.05) is 13.1 Å². The lowest BCUT2D eigenvalue weighted by Gasteiger charge is -2.20. The molecule has 2 fully saturated rings. The Balaban J connectivity index is 1.46. The predicted molar refractivity (Wildman–Crippen MR) is 75.8 cm³/mol. The van der Waals surface area contributed by atoms with Gasteiger partial charge in [0.25, 0.3) is 5.76 Å². The molecular formula is C14H20F2N2OS. The molecule has 6 heteroatoms. The van der Waals surface area contributed by atoms with Gasteiger partial charge in [-0.15, -0.1) is 0 Å². The number of hydrogen-bond acceptors (Lipinski definition) is 4. The summed E-state index contributed by atoms with van der Waals surface area (Å²) in [5, 5.41) is 3.56. The average Bonchev–Trinajstić information content (AvgIpc) is 3.11. The van der Waals surface area contributed by atoms with Crippen LogP contribution in [0.2, 0.25) is 0 Å². The lowest BCUT2D eigenvalue weighted by Crippen LogP contribution is -2.38. The van der Waals surface area contributed by atoms with Gasteiger partial charge in [0.1, 0.15) is 11.5 Å². The van der Waals surface area contributed by atoms with Crippen molar-refractivity contribution in [1.82, 2.24) is 10.2 Å². The first-order valence-corrected chi connectivity index (χ1v) is 8.22. The van der Waals surface area contributed by atoms with Crippen LogP contribution in [-0.4, -0.2) is 35.8 Å². The van der Waals surface area contributed by atoms with Crippen molar-refractivity contribution in [3.8, 4) is 0 Å². The van der Waals surface area contributed by atoms with Crippen molar-refractivity contribution in [3.05, 3.63) is 23.7 Å². The molecule has 3 nitrogen and oxygen atoms in total. The Morgan fingerprint density at radius 2 is 2.15 bits per heavy atom. The van der Waals surface area contributed by atoms with E-state index in [4.69, 9.17) is 4.42 Å². The molecule has 2 unspecified atom stereocenters. The first-order valence-electron chi connectivity index (χ1n) is 7.17. The van der Waals surface area contributed by atoms with Gasteiger partial charge in [-0.2, -0.15) is 8.78 Å². The maximum atomic E-state index is 12.1. The van der Waals surface area contributed by atoms with Crippen LogP contribution in [-0.2, 0) is 12.3 Å². The summed E-state index contributed by atoms with van der Waals surface area (Å²) >= 11 is 0.599. The van der Waals surface area contributed by atoms with Crippen molar-refractivity contribution in [1.29, 1.82) is 0 Å². The van der Waals surface area contributed by atoms with Crippen LogP contribution < -0.4 is 5.32 Å². The first-order chi connectivity index (χ1) is 9.72. The van der Waals surface area contributed by atoms with E-state index in [2.05, 4.69) is 10.2 Å². The normalized spacial score (nSPS) is 26.6. The fourth-order valence-corrected chi connectivity index (χ4v) is 3.74. The zero-order valence-electron chi connectivity index (χ0n) is 11.4. The predicted octanol–water partition coefficient (Wildman–Crippen LogP) is 3.06. The van der Waals surface area contributed by atoms with Crippen molar-refractivity contribution >= 4 is 11.8 Å². The number of nitrogens with zero attached hydrogens (tertiary/aromatic N) is 1. The standard InChI is InChI=1S/C14H20F2N2OS/c15-14(16)20-9-11-4-3-10(19-11)8-17-12-5-7-18-6-1-2-13(12)18/h3-4,12-14,17H,1-2,5-9H2. The van der Waals surface area contributed by atoms with E-state index in [1.54, 1.807) is 6.07 Å². The van der Waals surface area contributed by atoms with Gasteiger partial charge in [0.2, 0.25) is 0 Å². The highest BCUT2D eigenvalue weighted by Crippen LogP contribution is 2.28. The van der Waals surface area contributed by atoms with Gasteiger partial charge in [0, 0.05) is 18.6 Å². The minimum Gasteiger partial charge on any atom is -0.464 e. The van der Waals surface area contributed by atoms with E-state index in [9.17, 15) is 8.78 Å². The summed E-state index contributed by atoms with van der Waals surface area (Å²) in [4.78, 5) is 2.56. The second-order valence-electron chi connectivity index (χ2n) is 5.46. The average molecular weight is 302 g/mol. The smallest absolute Gasteiger partial charge is 0.284 e. The van der Waals surface area contributed by atoms with E-state index in [-0.39, 0.29) is 5.75 Å². The molecule has 2 aliphatic heterocycles. The van der Waals surface area contributed by atoms with Gasteiger partial charge in [0.05, 0.1) is 12.3 Å². The number of furan rings is 1. The van der Waals surface area contributed by atoms with E-state index >= 15 is 0 Å². The summed E-state index contributed by atoms with van der Waals surface area (Å²) in [5.41, 5.74) is 0. The third-order valence-corrected chi connectivity index (χ3v) is 4.92. The Labute approximate surface area is 122 Å². The number of fused-ring (bicyclic) bond motifs is 1. The summed E-state index contributed by atoms with van der Waals surface area (Å²) in [6.07, 6.45) is 3.78. The van der Waals surface area contributed by atoms with Crippen molar-refractivity contribution in [2.24, 2.45) is 0 Å². The third kappa shape index (κ3) is 3.35. The highest BCUT2D eigenvalue weighted by atomic mass is 32.2. The number of halogens is 2. The highest BCUT2D eigenvalue weighted by molar-refractivity contribution is 7.98. The molecule has 0 amide bonds. The summed E-state index contributed by atoms with van der Waals surface area (Å²) < 4.78 is 29.8. The minimum atomic E-state index is -2.34. The number of thioether (sulfide) groups is 1. The lowest BCUT2D eigenvalue weighted by atomic mass is 10.1. The number of rotatable bonds is 6. The lowest BCUT2D eigenvalue weighted by molar-refractivity contribution is 0.251. The van der Waals surface area contributed by atoms with E-state index in [0.717, 1.165) is 5.76 Å². The van der Waals surface area contributed by atoms with Gasteiger partial charge < -0.3 is 9.73 Å². The topological polar surface area (TPSA) is 28.4 Å². The Morgan fingerprint density at radius 1 is 1.30 bits per heavy atom. The van der Waals surface area contributed by atoms with Gasteiger partial charge >= 0.3 is 0 Å². The molecule has 1 aromatic rings. The van der Waals surface area contributed by atoms with Crippen LogP contribution >= 0.6 is 11.8 Å². The summed E-state index contributed by atoms with van der Waals surface area (Å²) in [6, 6.07) is 4.90. The second-order valence-corrected chi connectivity index (χ2v) is 6.44. The fourth-order valence-electron chi connectivity index (χ4n) is 3.29. The fraction of sp³-hybridized carbons (Fsp3) is 0.714. The van der Waals surface area contributed by atoms with Crippen LogP contribution in [0, 0.1) is 0 Å². The Bertz CT molecular complexity index is 441. The van der Waals surface area contributed by atoms with Crippen molar-refractivity contribution in [2.45, 2.75) is 49.4 Å². The molecule has 0 aromatic carbocycles. The highest BCUT2D eigenvalue weighted by Gasteiger charge is 2.36. The molecule has 2 atom stereocenters. The van der Waals surface area contributed by atoms with Crippen LogP contribution in [0.4, 0.5) is 8.78 Å². The Hall–Kier alpha value is -0.590. The number of nitrogens with one attached hydrogen (secondary N) is 1. The monoisotopic (exact) mass is 302 g/mol. The Morgan fingerprint density at radius 3 is 3.00 bits per heavy atom. The maximum Gasteiger partial charge on any atom is 0.284 e. The maximum absolute atomic E-state index is 12.1. The summed E-state index contributed by atoms with van der Waals surface area (Å²) in [7, 11) is 0. The number of alkyl halides is 2. The van der Waals surface area contributed by atoms with Crippen LogP contribution in [0.3, 0.4) is 0 Å². The quantitative estimate of drug-likeness (QED) is 0.874. The van der Waals surface area contributed by atoms with Gasteiger partial charge in [-0.05, 0) is 37.9 Å². The molecule has 20 heavy (non-hydrogen) atoms. The van der Waals surface area contributed by atoms with E-state index in [0.29, 0.717) is 36.2 Å². The molecule has 0 spiro atoms. The zero-order valence-corrected chi connectivity index (χ0v) is 12.2. The van der Waals surface area contributed by atoms with Gasteiger partial charge in [-0.25, -0.2) is 0 Å². The van der Waals surface area contributed by atoms with E-state index in [1.165, 1.54) is 32.4 Å². The molecule has 0 radical (unpaired) electrons. The zero-order chi connectivity index (χ0) is 13.9. The van der Waals surface area contributed by atoms with E-state index in [1.807, 2.05) is 6.07 Å². The largest absolute Gasteiger partial charge is 0.464 e. The van der Waals surface area contributed by atoms with Gasteiger partial charge in [0.15, 0.2) is 0 Å². The molecule has 3 rings (SSSR count). The van der Waals surface area contributed by atoms with Gasteiger partial charge in [-0.3, -0.25) is 4.90 Å². The third-order valence-electron chi connectivity index (χ3n) is 4.21. The number of hydrogen-bond donors (Lipinski definition) is 1. The SMILES string of the molecule is FC(F)SCc1ccc(CNC2CCN3CCCC23)o1. The molecule has 112 valence electrons. The molecular weight excluding hydrogens is 282 g/mol. The van der Waals surface area contributed by atoms with E-state index < -0.39 is 5.76 Å². The molecule has 1 aromatic heterocycles. The molecule has 0 saturated carbocycles. The van der Waals surface area contributed by atoms with Crippen molar-refractivity contribution in [3.63, 3.8) is 0 Å². The van der Waals surface area contributed by atoms with Crippen LogP contribution in [0.25, 0.3) is 0 Å². The molecule has 2 aliphatic rings. The Kier molecular flexibility index (Phi) is 4.63. The van der Waals surface area contributed by atoms with Crippen LogP contribution in [0.15, 0.2) is 16.5 Å². The summed E-state index contributed by atoms with van der Waals surface area (Å²) in [6.45, 7) is 3.11. The molecule has 1 N–H and O–H groups in total. The summed E-state index contributed by atoms with van der Waals surface area (Å²) in [5.74, 6) is -0.641. The molecule has 3 heterocycles. The van der Waals surface area contributed by atoms with Gasteiger partial charge in [-0.1, -0.05) is 11.8 Å². The minimum absolute atomic E-state index is 0.234.